The standard InChI is InChI=1S/C9H14N4/c10-4-6-2-1-3-7-5-12-9(11)13-8(6)7/h5-6H,1-4,10H2,(H2,11,12,13). The van der Waals surface area contributed by atoms with Crippen LogP contribution in [0.25, 0.3) is 0 Å². The Bertz CT molecular complexity index is 310. The first-order valence-corrected chi connectivity index (χ1v) is 4.62. The normalized spacial score (nSPS) is 21.2. The van der Waals surface area contributed by atoms with Crippen LogP contribution in [0.2, 0.25) is 0 Å². The summed E-state index contributed by atoms with van der Waals surface area (Å²) in [4.78, 5) is 8.24. The van der Waals surface area contributed by atoms with Crippen molar-refractivity contribution in [1.29, 1.82) is 0 Å². The fourth-order valence-electron chi connectivity index (χ4n) is 1.89. The molecule has 1 unspecified atom stereocenters. The van der Waals surface area contributed by atoms with Crippen LogP contribution in [0.3, 0.4) is 0 Å². The topological polar surface area (TPSA) is 77.8 Å². The number of aryl methyl sites for hydroxylation is 1. The van der Waals surface area contributed by atoms with E-state index in [-0.39, 0.29) is 0 Å². The molecule has 1 aliphatic carbocycles. The lowest BCUT2D eigenvalue weighted by atomic mass is 9.87. The molecule has 1 aromatic rings. The van der Waals surface area contributed by atoms with E-state index in [0.717, 1.165) is 18.5 Å². The molecule has 0 amide bonds. The van der Waals surface area contributed by atoms with E-state index >= 15 is 0 Å². The molecule has 1 atom stereocenters. The van der Waals surface area contributed by atoms with Gasteiger partial charge in [0.2, 0.25) is 5.95 Å². The highest BCUT2D eigenvalue weighted by molar-refractivity contribution is 5.29. The van der Waals surface area contributed by atoms with E-state index in [1.165, 1.54) is 12.0 Å². The molecule has 4 nitrogen and oxygen atoms in total. The van der Waals surface area contributed by atoms with Gasteiger partial charge in [-0.3, -0.25) is 0 Å². The quantitative estimate of drug-likeness (QED) is 0.654. The fourth-order valence-corrected chi connectivity index (χ4v) is 1.89. The lowest BCUT2D eigenvalue weighted by Crippen LogP contribution is -2.20. The van der Waals surface area contributed by atoms with E-state index in [0.29, 0.717) is 18.4 Å². The summed E-state index contributed by atoms with van der Waals surface area (Å²) in [6.07, 6.45) is 5.20. The minimum absolute atomic E-state index is 0.360. The molecular weight excluding hydrogens is 164 g/mol. The Morgan fingerprint density at radius 1 is 1.54 bits per heavy atom. The van der Waals surface area contributed by atoms with Gasteiger partial charge >= 0.3 is 0 Å². The first-order valence-electron chi connectivity index (χ1n) is 4.62. The molecule has 4 N–H and O–H groups in total. The maximum atomic E-state index is 5.67. The van der Waals surface area contributed by atoms with Gasteiger partial charge in [0, 0.05) is 18.7 Å². The third kappa shape index (κ3) is 1.49. The van der Waals surface area contributed by atoms with Crippen molar-refractivity contribution in [2.24, 2.45) is 5.73 Å². The number of fused-ring (bicyclic) bond motifs is 1. The second-order valence-electron chi connectivity index (χ2n) is 3.46. The van der Waals surface area contributed by atoms with Gasteiger partial charge in [-0.25, -0.2) is 9.97 Å². The zero-order valence-corrected chi connectivity index (χ0v) is 7.53. The molecule has 1 aliphatic rings. The summed E-state index contributed by atoms with van der Waals surface area (Å²) in [6, 6.07) is 0. The SMILES string of the molecule is NCC1CCCc2cnc(N)nc21. The average molecular weight is 178 g/mol. The average Bonchev–Trinajstić information content (AvgIpc) is 2.17. The van der Waals surface area contributed by atoms with Gasteiger partial charge in [-0.1, -0.05) is 0 Å². The minimum Gasteiger partial charge on any atom is -0.368 e. The van der Waals surface area contributed by atoms with Gasteiger partial charge in [0.15, 0.2) is 0 Å². The molecule has 4 heteroatoms. The van der Waals surface area contributed by atoms with Gasteiger partial charge in [-0.05, 0) is 24.8 Å². The van der Waals surface area contributed by atoms with Gasteiger partial charge in [0.05, 0.1) is 5.69 Å². The summed E-state index contributed by atoms with van der Waals surface area (Å²) in [5.74, 6) is 0.744. The van der Waals surface area contributed by atoms with Crippen molar-refractivity contribution in [1.82, 2.24) is 9.97 Å². The number of anilines is 1. The van der Waals surface area contributed by atoms with Gasteiger partial charge in [-0.15, -0.1) is 0 Å². The maximum Gasteiger partial charge on any atom is 0.220 e. The number of hydrogen-bond acceptors (Lipinski definition) is 4. The number of hydrogen-bond donors (Lipinski definition) is 2. The largest absolute Gasteiger partial charge is 0.368 e. The minimum atomic E-state index is 0.360. The predicted octanol–water partition coefficient (Wildman–Crippen LogP) is 0.437. The van der Waals surface area contributed by atoms with E-state index in [2.05, 4.69) is 9.97 Å². The highest BCUT2D eigenvalue weighted by Gasteiger charge is 2.20. The van der Waals surface area contributed by atoms with Crippen LogP contribution < -0.4 is 11.5 Å². The van der Waals surface area contributed by atoms with Crippen LogP contribution in [0.15, 0.2) is 6.20 Å². The number of rotatable bonds is 1. The lowest BCUT2D eigenvalue weighted by molar-refractivity contribution is 0.543. The molecular formula is C9H14N4. The third-order valence-corrected chi connectivity index (χ3v) is 2.59. The van der Waals surface area contributed by atoms with Crippen LogP contribution in [0.5, 0.6) is 0 Å². The Morgan fingerprint density at radius 2 is 2.38 bits per heavy atom. The first kappa shape index (κ1) is 8.44. The monoisotopic (exact) mass is 178 g/mol. The van der Waals surface area contributed by atoms with Crippen LogP contribution in [-0.4, -0.2) is 16.5 Å². The summed E-state index contributed by atoms with van der Waals surface area (Å²) in [7, 11) is 0. The van der Waals surface area contributed by atoms with E-state index in [1.54, 1.807) is 0 Å². The third-order valence-electron chi connectivity index (χ3n) is 2.59. The summed E-state index contributed by atoms with van der Waals surface area (Å²) >= 11 is 0. The van der Waals surface area contributed by atoms with Crippen LogP contribution in [-0.2, 0) is 6.42 Å². The van der Waals surface area contributed by atoms with Crippen molar-refractivity contribution in [2.75, 3.05) is 12.3 Å². The van der Waals surface area contributed by atoms with Gasteiger partial charge in [0.1, 0.15) is 0 Å². The summed E-state index contributed by atoms with van der Waals surface area (Å²) in [5.41, 5.74) is 13.5. The highest BCUT2D eigenvalue weighted by atomic mass is 15.0. The molecule has 70 valence electrons. The molecule has 1 aromatic heterocycles. The van der Waals surface area contributed by atoms with E-state index in [1.807, 2.05) is 6.20 Å². The Hall–Kier alpha value is -1.16. The zero-order chi connectivity index (χ0) is 9.26. The molecule has 0 aromatic carbocycles. The van der Waals surface area contributed by atoms with E-state index < -0.39 is 0 Å². The molecule has 13 heavy (non-hydrogen) atoms. The summed E-state index contributed by atoms with van der Waals surface area (Å²) in [5, 5.41) is 0. The lowest BCUT2D eigenvalue weighted by Gasteiger charge is -2.22. The Labute approximate surface area is 77.4 Å². The van der Waals surface area contributed by atoms with Crippen molar-refractivity contribution in [2.45, 2.75) is 25.2 Å². The summed E-state index contributed by atoms with van der Waals surface area (Å²) in [6.45, 7) is 0.656. The maximum absolute atomic E-state index is 5.67. The van der Waals surface area contributed by atoms with Gasteiger partial charge in [-0.2, -0.15) is 0 Å². The van der Waals surface area contributed by atoms with Crippen LogP contribution in [0.4, 0.5) is 5.95 Å². The highest BCUT2D eigenvalue weighted by Crippen LogP contribution is 2.28. The van der Waals surface area contributed by atoms with Crippen molar-refractivity contribution < 1.29 is 0 Å². The molecule has 0 fully saturated rings. The number of nitrogens with two attached hydrogens (primary N) is 2. The molecule has 0 aliphatic heterocycles. The zero-order valence-electron chi connectivity index (χ0n) is 7.53. The van der Waals surface area contributed by atoms with Crippen LogP contribution in [0, 0.1) is 0 Å². The molecule has 0 saturated carbocycles. The van der Waals surface area contributed by atoms with Crippen molar-refractivity contribution in [3.05, 3.63) is 17.5 Å². The number of nitrogen functional groups attached to an aromatic ring is 1. The Kier molecular flexibility index (Phi) is 2.14. The first-order chi connectivity index (χ1) is 6.31. The second-order valence-corrected chi connectivity index (χ2v) is 3.46. The van der Waals surface area contributed by atoms with Crippen molar-refractivity contribution in [3.63, 3.8) is 0 Å². The Balaban J connectivity index is 2.41. The van der Waals surface area contributed by atoms with Crippen molar-refractivity contribution in [3.8, 4) is 0 Å². The smallest absolute Gasteiger partial charge is 0.220 e. The molecule has 0 saturated heterocycles. The molecule has 0 bridgehead atoms. The second kappa shape index (κ2) is 3.30. The van der Waals surface area contributed by atoms with Crippen molar-refractivity contribution >= 4 is 5.95 Å². The van der Waals surface area contributed by atoms with Crippen LogP contribution >= 0.6 is 0 Å². The van der Waals surface area contributed by atoms with Gasteiger partial charge in [0.25, 0.3) is 0 Å². The summed E-state index contributed by atoms with van der Waals surface area (Å²) < 4.78 is 0. The van der Waals surface area contributed by atoms with Gasteiger partial charge < -0.3 is 11.5 Å². The molecule has 1 heterocycles. The number of aromatic nitrogens is 2. The molecule has 0 spiro atoms. The predicted molar refractivity (Wildman–Crippen MR) is 51.2 cm³/mol. The van der Waals surface area contributed by atoms with E-state index in [9.17, 15) is 0 Å². The molecule has 0 radical (unpaired) electrons. The van der Waals surface area contributed by atoms with Crippen LogP contribution in [0.1, 0.15) is 30.0 Å². The van der Waals surface area contributed by atoms with E-state index in [4.69, 9.17) is 11.5 Å². The number of nitrogens with zero attached hydrogens (tertiary/aromatic N) is 2. The Morgan fingerprint density at radius 3 is 3.15 bits per heavy atom. The molecule has 2 rings (SSSR count). The fraction of sp³-hybridized carbons (Fsp3) is 0.556.